The lowest BCUT2D eigenvalue weighted by Gasteiger charge is -2.36. The van der Waals surface area contributed by atoms with Crippen LogP contribution in [0.1, 0.15) is 44.9 Å². The van der Waals surface area contributed by atoms with Crippen LogP contribution in [0.4, 0.5) is 17.2 Å². The van der Waals surface area contributed by atoms with E-state index < -0.39 is 0 Å². The normalized spacial score (nSPS) is 17.9. The number of carbonyl (C=O) groups excluding carboxylic acids is 1. The van der Waals surface area contributed by atoms with Crippen LogP contribution in [0.25, 0.3) is 0 Å². The number of nitrogens with one attached hydrogen (secondary N) is 1. The fraction of sp³-hybridized carbons (Fsp3) is 0.500. The first-order valence-corrected chi connectivity index (χ1v) is 11.1. The molecule has 2 aliphatic rings. The first kappa shape index (κ1) is 19.7. The summed E-state index contributed by atoms with van der Waals surface area (Å²) in [7, 11) is 0. The topological polar surface area (TPSA) is 48.5 Å². The minimum atomic E-state index is 0.113. The third-order valence-electron chi connectivity index (χ3n) is 6.26. The summed E-state index contributed by atoms with van der Waals surface area (Å²) in [6.07, 6.45) is 10.0. The highest BCUT2D eigenvalue weighted by Gasteiger charge is 2.18. The molecule has 1 N–H and O–H groups in total. The van der Waals surface area contributed by atoms with Gasteiger partial charge in [-0.1, -0.05) is 50.3 Å². The maximum absolute atomic E-state index is 12.3. The second-order valence-electron chi connectivity index (χ2n) is 8.31. The first-order valence-electron chi connectivity index (χ1n) is 11.1. The van der Waals surface area contributed by atoms with Crippen LogP contribution in [-0.2, 0) is 4.79 Å². The number of para-hydroxylation sites is 1. The van der Waals surface area contributed by atoms with E-state index in [1.807, 2.05) is 12.1 Å². The van der Waals surface area contributed by atoms with Gasteiger partial charge in [-0.25, -0.2) is 4.98 Å². The van der Waals surface area contributed by atoms with E-state index in [0.717, 1.165) is 50.0 Å². The highest BCUT2D eigenvalue weighted by Crippen LogP contribution is 2.27. The second-order valence-corrected chi connectivity index (χ2v) is 8.31. The Morgan fingerprint density at radius 2 is 1.66 bits per heavy atom. The molecule has 154 valence electrons. The van der Waals surface area contributed by atoms with Crippen LogP contribution in [-0.4, -0.2) is 37.1 Å². The third-order valence-corrected chi connectivity index (χ3v) is 6.26. The Bertz CT molecular complexity index is 763. The van der Waals surface area contributed by atoms with Crippen molar-refractivity contribution in [1.29, 1.82) is 0 Å². The van der Waals surface area contributed by atoms with Crippen LogP contribution in [0.5, 0.6) is 0 Å². The van der Waals surface area contributed by atoms with Crippen molar-refractivity contribution in [3.05, 3.63) is 48.7 Å². The average Bonchev–Trinajstić information content (AvgIpc) is 2.80. The number of aromatic nitrogens is 1. The number of amides is 1. The molecule has 2 fully saturated rings. The minimum Gasteiger partial charge on any atom is -0.368 e. The molecule has 1 saturated heterocycles. The summed E-state index contributed by atoms with van der Waals surface area (Å²) < 4.78 is 0. The van der Waals surface area contributed by atoms with Crippen LogP contribution in [0.3, 0.4) is 0 Å². The van der Waals surface area contributed by atoms with E-state index in [0.29, 0.717) is 6.42 Å². The van der Waals surface area contributed by atoms with Crippen LogP contribution in [0.2, 0.25) is 0 Å². The van der Waals surface area contributed by atoms with Gasteiger partial charge in [0, 0.05) is 38.3 Å². The quantitative estimate of drug-likeness (QED) is 0.774. The maximum Gasteiger partial charge on any atom is 0.224 e. The van der Waals surface area contributed by atoms with Gasteiger partial charge in [0.15, 0.2) is 0 Å². The molecular weight excluding hydrogens is 360 g/mol. The highest BCUT2D eigenvalue weighted by molar-refractivity contribution is 5.90. The smallest absolute Gasteiger partial charge is 0.224 e. The number of anilines is 3. The van der Waals surface area contributed by atoms with Crippen molar-refractivity contribution in [3.8, 4) is 0 Å². The summed E-state index contributed by atoms with van der Waals surface area (Å²) in [5.74, 6) is 1.84. The molecule has 0 radical (unpaired) electrons. The van der Waals surface area contributed by atoms with Crippen LogP contribution >= 0.6 is 0 Å². The summed E-state index contributed by atoms with van der Waals surface area (Å²) in [6.45, 7) is 3.89. The first-order chi connectivity index (χ1) is 14.3. The summed E-state index contributed by atoms with van der Waals surface area (Å²) in [5.41, 5.74) is 2.08. The van der Waals surface area contributed by atoms with Gasteiger partial charge in [-0.3, -0.25) is 4.79 Å². The molecule has 0 spiro atoms. The minimum absolute atomic E-state index is 0.113. The average molecular weight is 393 g/mol. The number of piperazine rings is 1. The Hall–Kier alpha value is -2.56. The Labute approximate surface area is 174 Å². The van der Waals surface area contributed by atoms with Gasteiger partial charge in [-0.15, -0.1) is 0 Å². The summed E-state index contributed by atoms with van der Waals surface area (Å²) >= 11 is 0. The van der Waals surface area contributed by atoms with Crippen molar-refractivity contribution in [2.75, 3.05) is 41.3 Å². The predicted octanol–water partition coefficient (Wildman–Crippen LogP) is 4.71. The number of hydrogen-bond donors (Lipinski definition) is 1. The van der Waals surface area contributed by atoms with Crippen molar-refractivity contribution < 1.29 is 4.79 Å². The van der Waals surface area contributed by atoms with Crippen molar-refractivity contribution >= 4 is 23.1 Å². The molecule has 4 rings (SSSR count). The summed E-state index contributed by atoms with van der Waals surface area (Å²) in [5, 5.41) is 3.01. The van der Waals surface area contributed by atoms with E-state index >= 15 is 0 Å². The van der Waals surface area contributed by atoms with Crippen molar-refractivity contribution in [1.82, 2.24) is 4.98 Å². The largest absolute Gasteiger partial charge is 0.368 e. The zero-order valence-electron chi connectivity index (χ0n) is 17.2. The van der Waals surface area contributed by atoms with Crippen molar-refractivity contribution in [2.45, 2.75) is 44.9 Å². The highest BCUT2D eigenvalue weighted by atomic mass is 16.1. The Morgan fingerprint density at radius 1 is 0.931 bits per heavy atom. The lowest BCUT2D eigenvalue weighted by molar-refractivity contribution is -0.116. The van der Waals surface area contributed by atoms with E-state index in [-0.39, 0.29) is 5.91 Å². The fourth-order valence-corrected chi connectivity index (χ4v) is 4.51. The molecule has 1 aliphatic carbocycles. The van der Waals surface area contributed by atoms with Gasteiger partial charge in [0.05, 0.1) is 11.9 Å². The predicted molar refractivity (Wildman–Crippen MR) is 120 cm³/mol. The molecule has 1 aromatic heterocycles. The second kappa shape index (κ2) is 9.77. The molecule has 1 aromatic carbocycles. The molecule has 0 unspecified atom stereocenters. The summed E-state index contributed by atoms with van der Waals surface area (Å²) in [4.78, 5) is 21.6. The molecule has 1 aliphatic heterocycles. The van der Waals surface area contributed by atoms with Gasteiger partial charge in [0.2, 0.25) is 5.91 Å². The number of benzene rings is 1. The fourth-order valence-electron chi connectivity index (χ4n) is 4.51. The van der Waals surface area contributed by atoms with Crippen LogP contribution in [0, 0.1) is 5.92 Å². The molecule has 2 aromatic rings. The molecular formula is C24H32N4O. The Morgan fingerprint density at radius 3 is 2.34 bits per heavy atom. The van der Waals surface area contributed by atoms with Gasteiger partial charge in [0.1, 0.15) is 5.82 Å². The molecule has 2 heterocycles. The standard InChI is InChI=1S/C24H32N4O/c29-24(14-11-20-7-3-1-4-8-20)26-21-12-13-23(25-19-21)28-17-15-27(16-18-28)22-9-5-2-6-10-22/h2,5-6,9-10,12-13,19-20H,1,3-4,7-8,11,14-18H2,(H,26,29). The lowest BCUT2D eigenvalue weighted by Crippen LogP contribution is -2.46. The maximum atomic E-state index is 12.3. The molecule has 5 nitrogen and oxygen atoms in total. The van der Waals surface area contributed by atoms with E-state index in [4.69, 9.17) is 0 Å². The van der Waals surface area contributed by atoms with E-state index in [1.54, 1.807) is 6.20 Å². The number of pyridine rings is 1. The van der Waals surface area contributed by atoms with Gasteiger partial charge in [-0.05, 0) is 36.6 Å². The molecule has 29 heavy (non-hydrogen) atoms. The Kier molecular flexibility index (Phi) is 6.65. The Balaban J connectivity index is 1.23. The van der Waals surface area contributed by atoms with E-state index in [2.05, 4.69) is 50.4 Å². The van der Waals surface area contributed by atoms with Gasteiger partial charge in [-0.2, -0.15) is 0 Å². The number of carbonyl (C=O) groups is 1. The zero-order chi connectivity index (χ0) is 19.9. The molecule has 1 amide bonds. The van der Waals surface area contributed by atoms with Crippen LogP contribution in [0.15, 0.2) is 48.7 Å². The monoisotopic (exact) mass is 392 g/mol. The van der Waals surface area contributed by atoms with Gasteiger partial charge < -0.3 is 15.1 Å². The number of rotatable bonds is 6. The molecule has 1 saturated carbocycles. The van der Waals surface area contributed by atoms with Gasteiger partial charge in [0.25, 0.3) is 0 Å². The van der Waals surface area contributed by atoms with E-state index in [1.165, 1.54) is 37.8 Å². The van der Waals surface area contributed by atoms with Crippen LogP contribution < -0.4 is 15.1 Å². The van der Waals surface area contributed by atoms with Gasteiger partial charge >= 0.3 is 0 Å². The molecule has 0 atom stereocenters. The molecule has 0 bridgehead atoms. The van der Waals surface area contributed by atoms with Crippen molar-refractivity contribution in [2.24, 2.45) is 5.92 Å². The van der Waals surface area contributed by atoms with Crippen molar-refractivity contribution in [3.63, 3.8) is 0 Å². The number of hydrogen-bond acceptors (Lipinski definition) is 4. The van der Waals surface area contributed by atoms with E-state index in [9.17, 15) is 4.79 Å². The number of nitrogens with zero attached hydrogens (tertiary/aromatic N) is 3. The molecule has 5 heteroatoms. The SMILES string of the molecule is O=C(CCC1CCCCC1)Nc1ccc(N2CCN(c3ccccc3)CC2)nc1. The third kappa shape index (κ3) is 5.49. The zero-order valence-corrected chi connectivity index (χ0v) is 17.2. The lowest BCUT2D eigenvalue weighted by atomic mass is 9.86. The summed E-state index contributed by atoms with van der Waals surface area (Å²) in [6, 6.07) is 14.6.